The number of benzene rings is 1. The molecule has 2 amide bonds. The maximum absolute atomic E-state index is 12.3. The average molecular weight is 311 g/mol. The molecule has 6 heteroatoms. The van der Waals surface area contributed by atoms with Gasteiger partial charge in [0, 0.05) is 6.20 Å². The zero-order valence-corrected chi connectivity index (χ0v) is 12.7. The van der Waals surface area contributed by atoms with Gasteiger partial charge in [0.1, 0.15) is 12.3 Å². The largest absolute Gasteiger partial charge is 0.482 e. The number of rotatable bonds is 4. The van der Waals surface area contributed by atoms with Crippen LogP contribution in [0.2, 0.25) is 0 Å². The van der Waals surface area contributed by atoms with Crippen LogP contribution in [-0.4, -0.2) is 29.9 Å². The van der Waals surface area contributed by atoms with Gasteiger partial charge < -0.3 is 10.1 Å². The average Bonchev–Trinajstić information content (AvgIpc) is 2.58. The molecule has 1 aromatic heterocycles. The van der Waals surface area contributed by atoms with Crippen LogP contribution in [0.25, 0.3) is 0 Å². The summed E-state index contributed by atoms with van der Waals surface area (Å²) < 4.78 is 5.37. The van der Waals surface area contributed by atoms with Crippen molar-refractivity contribution < 1.29 is 14.3 Å². The molecule has 1 atom stereocenters. The van der Waals surface area contributed by atoms with Crippen LogP contribution in [0.4, 0.5) is 5.69 Å². The highest BCUT2D eigenvalue weighted by molar-refractivity contribution is 6.02. The fourth-order valence-corrected chi connectivity index (χ4v) is 2.46. The van der Waals surface area contributed by atoms with Gasteiger partial charge in [0.05, 0.1) is 17.4 Å². The zero-order valence-electron chi connectivity index (χ0n) is 12.7. The predicted molar refractivity (Wildman–Crippen MR) is 85.1 cm³/mol. The molecule has 6 nitrogen and oxygen atoms in total. The molecule has 0 fully saturated rings. The summed E-state index contributed by atoms with van der Waals surface area (Å²) in [5.74, 6) is 0.134. The first-order chi connectivity index (χ1) is 11.1. The van der Waals surface area contributed by atoms with Crippen LogP contribution < -0.4 is 15.0 Å². The highest BCUT2D eigenvalue weighted by Crippen LogP contribution is 2.31. The smallest absolute Gasteiger partial charge is 0.265 e. The first kappa shape index (κ1) is 15.0. The van der Waals surface area contributed by atoms with Gasteiger partial charge in [-0.1, -0.05) is 18.2 Å². The molecule has 1 N–H and O–H groups in total. The van der Waals surface area contributed by atoms with Crippen molar-refractivity contribution >= 4 is 17.5 Å². The number of nitrogens with zero attached hydrogens (tertiary/aromatic N) is 2. The molecule has 0 spiro atoms. The van der Waals surface area contributed by atoms with E-state index in [1.807, 2.05) is 37.3 Å². The van der Waals surface area contributed by atoms with Crippen molar-refractivity contribution in [1.82, 2.24) is 10.3 Å². The fraction of sp³-hybridized carbons (Fsp3) is 0.235. The molecule has 118 valence electrons. The lowest BCUT2D eigenvalue weighted by Crippen LogP contribution is -2.45. The number of anilines is 1. The molecular formula is C17H17N3O3. The number of hydrogen-bond donors (Lipinski definition) is 1. The summed E-state index contributed by atoms with van der Waals surface area (Å²) in [6.07, 6.45) is 1.68. The van der Waals surface area contributed by atoms with Crippen molar-refractivity contribution in [1.29, 1.82) is 0 Å². The van der Waals surface area contributed by atoms with Gasteiger partial charge in [0.25, 0.3) is 5.91 Å². The van der Waals surface area contributed by atoms with Gasteiger partial charge in [0.15, 0.2) is 6.61 Å². The monoisotopic (exact) mass is 311 g/mol. The van der Waals surface area contributed by atoms with E-state index in [1.54, 1.807) is 18.3 Å². The Labute approximate surface area is 134 Å². The van der Waals surface area contributed by atoms with Crippen molar-refractivity contribution in [3.63, 3.8) is 0 Å². The second-order valence-electron chi connectivity index (χ2n) is 5.28. The van der Waals surface area contributed by atoms with Crippen molar-refractivity contribution in [3.05, 3.63) is 54.4 Å². The van der Waals surface area contributed by atoms with Gasteiger partial charge in [-0.15, -0.1) is 0 Å². The Balaban J connectivity index is 1.69. The molecule has 3 rings (SSSR count). The van der Waals surface area contributed by atoms with Gasteiger partial charge in [-0.05, 0) is 31.2 Å². The van der Waals surface area contributed by atoms with Crippen molar-refractivity contribution in [2.24, 2.45) is 0 Å². The van der Waals surface area contributed by atoms with Gasteiger partial charge in [-0.2, -0.15) is 0 Å². The molecule has 0 unspecified atom stereocenters. The SMILES string of the molecule is C[C@H](NC(=O)CN1C(=O)COc2ccccc21)c1ccccn1. The van der Waals surface area contributed by atoms with Crippen molar-refractivity contribution in [2.45, 2.75) is 13.0 Å². The Hall–Kier alpha value is -2.89. The number of hydrogen-bond acceptors (Lipinski definition) is 4. The minimum atomic E-state index is -0.242. The number of para-hydroxylation sites is 2. The molecule has 0 bridgehead atoms. The van der Waals surface area contributed by atoms with Crippen LogP contribution >= 0.6 is 0 Å². The lowest BCUT2D eigenvalue weighted by molar-refractivity contribution is -0.125. The number of carbonyl (C=O) groups excluding carboxylic acids is 2. The van der Waals surface area contributed by atoms with E-state index < -0.39 is 0 Å². The van der Waals surface area contributed by atoms with Crippen LogP contribution in [0.5, 0.6) is 5.75 Å². The summed E-state index contributed by atoms with van der Waals surface area (Å²) in [7, 11) is 0. The molecule has 23 heavy (non-hydrogen) atoms. The summed E-state index contributed by atoms with van der Waals surface area (Å²) in [5, 5.41) is 2.86. The van der Waals surface area contributed by atoms with Gasteiger partial charge in [-0.25, -0.2) is 0 Å². The molecule has 0 radical (unpaired) electrons. The Kier molecular flexibility index (Phi) is 4.23. The third kappa shape index (κ3) is 3.31. The number of amides is 2. The highest BCUT2D eigenvalue weighted by atomic mass is 16.5. The van der Waals surface area contributed by atoms with E-state index in [0.29, 0.717) is 11.4 Å². The fourth-order valence-electron chi connectivity index (χ4n) is 2.46. The second kappa shape index (κ2) is 6.48. The number of nitrogens with one attached hydrogen (secondary N) is 1. The van der Waals surface area contributed by atoms with Crippen LogP contribution in [-0.2, 0) is 9.59 Å². The first-order valence-corrected chi connectivity index (χ1v) is 7.37. The van der Waals surface area contributed by atoms with E-state index in [4.69, 9.17) is 4.74 Å². The predicted octanol–water partition coefficient (Wildman–Crippen LogP) is 1.68. The van der Waals surface area contributed by atoms with E-state index in [9.17, 15) is 9.59 Å². The molecule has 0 aliphatic carbocycles. The van der Waals surface area contributed by atoms with E-state index in [-0.39, 0.29) is 31.0 Å². The summed E-state index contributed by atoms with van der Waals surface area (Å²) in [6.45, 7) is 1.76. The lowest BCUT2D eigenvalue weighted by Gasteiger charge is -2.29. The zero-order chi connectivity index (χ0) is 16.2. The number of carbonyl (C=O) groups is 2. The number of fused-ring (bicyclic) bond motifs is 1. The normalized spacial score (nSPS) is 14.7. The maximum atomic E-state index is 12.3. The quantitative estimate of drug-likeness (QED) is 0.932. The summed E-state index contributed by atoms with van der Waals surface area (Å²) >= 11 is 0. The Morgan fingerprint density at radius 2 is 2.09 bits per heavy atom. The third-order valence-electron chi connectivity index (χ3n) is 3.62. The van der Waals surface area contributed by atoms with Crippen LogP contribution in [0, 0.1) is 0 Å². The summed E-state index contributed by atoms with van der Waals surface area (Å²) in [5.41, 5.74) is 1.39. The molecule has 0 saturated heterocycles. The molecule has 1 aromatic carbocycles. The highest BCUT2D eigenvalue weighted by Gasteiger charge is 2.27. The standard InChI is InChI=1S/C17H17N3O3/c1-12(13-6-4-5-9-18-13)19-16(21)10-20-14-7-2-3-8-15(14)23-11-17(20)22/h2-9,12H,10-11H2,1H3,(H,19,21)/t12-/m0/s1. The van der Waals surface area contributed by atoms with Crippen LogP contribution in [0.3, 0.4) is 0 Å². The maximum Gasteiger partial charge on any atom is 0.265 e. The van der Waals surface area contributed by atoms with E-state index in [0.717, 1.165) is 5.69 Å². The minimum absolute atomic E-state index is 0.0453. The molecule has 2 aromatic rings. The lowest BCUT2D eigenvalue weighted by atomic mass is 10.2. The van der Waals surface area contributed by atoms with Crippen LogP contribution in [0.15, 0.2) is 48.7 Å². The second-order valence-corrected chi connectivity index (χ2v) is 5.28. The number of aromatic nitrogens is 1. The number of ether oxygens (including phenoxy) is 1. The van der Waals surface area contributed by atoms with Crippen molar-refractivity contribution in [2.75, 3.05) is 18.1 Å². The Bertz CT molecular complexity index is 718. The van der Waals surface area contributed by atoms with Gasteiger partial charge >= 0.3 is 0 Å². The van der Waals surface area contributed by atoms with E-state index in [1.165, 1.54) is 4.90 Å². The van der Waals surface area contributed by atoms with Crippen molar-refractivity contribution in [3.8, 4) is 5.75 Å². The minimum Gasteiger partial charge on any atom is -0.482 e. The Morgan fingerprint density at radius 3 is 2.87 bits per heavy atom. The molecule has 2 heterocycles. The van der Waals surface area contributed by atoms with E-state index in [2.05, 4.69) is 10.3 Å². The molecule has 1 aliphatic heterocycles. The summed E-state index contributed by atoms with van der Waals surface area (Å²) in [4.78, 5) is 30.0. The summed E-state index contributed by atoms with van der Waals surface area (Å²) in [6, 6.07) is 12.5. The first-order valence-electron chi connectivity index (χ1n) is 7.37. The topological polar surface area (TPSA) is 71.5 Å². The van der Waals surface area contributed by atoms with Gasteiger partial charge in [-0.3, -0.25) is 19.5 Å². The molecule has 0 saturated carbocycles. The Morgan fingerprint density at radius 1 is 1.30 bits per heavy atom. The number of pyridine rings is 1. The van der Waals surface area contributed by atoms with Crippen LogP contribution in [0.1, 0.15) is 18.7 Å². The molecule has 1 aliphatic rings. The molecular weight excluding hydrogens is 294 g/mol. The van der Waals surface area contributed by atoms with E-state index >= 15 is 0 Å². The van der Waals surface area contributed by atoms with Gasteiger partial charge in [0.2, 0.25) is 5.91 Å². The third-order valence-corrected chi connectivity index (χ3v) is 3.62.